The van der Waals surface area contributed by atoms with Crippen molar-refractivity contribution >= 4 is 52.8 Å². The lowest BCUT2D eigenvalue weighted by Crippen LogP contribution is -2.20. The molecule has 4 heteroatoms. The van der Waals surface area contributed by atoms with Crippen molar-refractivity contribution in [3.05, 3.63) is 91.0 Å². The van der Waals surface area contributed by atoms with Gasteiger partial charge in [-0.15, -0.1) is 0 Å². The summed E-state index contributed by atoms with van der Waals surface area (Å²) in [5, 5.41) is 4.19. The van der Waals surface area contributed by atoms with E-state index in [1.807, 2.05) is 0 Å². The quantitative estimate of drug-likeness (QED) is 0.462. The number of ketones is 1. The van der Waals surface area contributed by atoms with E-state index in [-0.39, 0.29) is 5.78 Å². The van der Waals surface area contributed by atoms with Crippen molar-refractivity contribution in [3.8, 4) is 0 Å². The van der Waals surface area contributed by atoms with E-state index < -0.39 is 12.8 Å². The number of hydrogen-bond donors (Lipinski definition) is 0. The summed E-state index contributed by atoms with van der Waals surface area (Å²) in [6, 6.07) is 32.3. The van der Waals surface area contributed by atoms with Gasteiger partial charge in [-0.25, -0.2) is 0 Å². The maximum atomic E-state index is 9.88. The van der Waals surface area contributed by atoms with Crippen molar-refractivity contribution in [3.63, 3.8) is 0 Å². The Balaban J connectivity index is 0.000000326. The molecule has 0 saturated heterocycles. The number of rotatable bonds is 4. The van der Waals surface area contributed by atoms with Gasteiger partial charge in [-0.05, 0) is 30.8 Å². The zero-order chi connectivity index (χ0) is 18.1. The van der Waals surface area contributed by atoms with E-state index in [1.165, 1.54) is 22.8 Å². The molecule has 3 aromatic rings. The highest BCUT2D eigenvalue weighted by molar-refractivity contribution is 7.79. The molecular formula is C21H19Cl2OP. The summed E-state index contributed by atoms with van der Waals surface area (Å²) in [7, 11) is -0.446. The molecule has 0 heterocycles. The molecule has 0 fully saturated rings. The normalized spacial score (nSPS) is 10.3. The molecule has 3 aromatic carbocycles. The van der Waals surface area contributed by atoms with Gasteiger partial charge in [-0.2, -0.15) is 0 Å². The Labute approximate surface area is 160 Å². The topological polar surface area (TPSA) is 17.1 Å². The molecule has 0 N–H and O–H groups in total. The number of Topliss-reactive ketones (excluding diaryl/α,β-unsaturated/α-hetero) is 1. The number of hydrogen-bond acceptors (Lipinski definition) is 1. The summed E-state index contributed by atoms with van der Waals surface area (Å²) >= 11 is 10.1. The second-order valence-electron chi connectivity index (χ2n) is 5.25. The number of alkyl halides is 2. The molecule has 0 radical (unpaired) electrons. The van der Waals surface area contributed by atoms with Gasteiger partial charge in [0.2, 0.25) is 0 Å². The van der Waals surface area contributed by atoms with Gasteiger partial charge < -0.3 is 0 Å². The fraction of sp³-hybridized carbons (Fsp3) is 0.0952. The molecule has 0 unspecified atom stereocenters. The van der Waals surface area contributed by atoms with Crippen LogP contribution in [0.4, 0.5) is 0 Å². The fourth-order valence-corrected chi connectivity index (χ4v) is 4.48. The van der Waals surface area contributed by atoms with Crippen LogP contribution in [0.25, 0.3) is 0 Å². The van der Waals surface area contributed by atoms with E-state index in [2.05, 4.69) is 91.0 Å². The van der Waals surface area contributed by atoms with Crippen LogP contribution in [-0.2, 0) is 4.79 Å². The van der Waals surface area contributed by atoms with Gasteiger partial charge in [0.15, 0.2) is 10.6 Å². The first-order chi connectivity index (χ1) is 12.1. The number of carbonyl (C=O) groups excluding carboxylic acids is 1. The molecule has 25 heavy (non-hydrogen) atoms. The van der Waals surface area contributed by atoms with Crippen LogP contribution in [-0.4, -0.2) is 10.6 Å². The van der Waals surface area contributed by atoms with Gasteiger partial charge in [0.25, 0.3) is 0 Å². The van der Waals surface area contributed by atoms with Crippen LogP contribution in [0, 0.1) is 0 Å². The van der Waals surface area contributed by atoms with Gasteiger partial charge in [0, 0.05) is 0 Å². The molecule has 0 saturated carbocycles. The Bertz CT molecular complexity index is 668. The molecule has 128 valence electrons. The maximum Gasteiger partial charge on any atom is 0.165 e. The standard InChI is InChI=1S/C18H15P.C3H4Cl2O/c1-4-10-16(11-5-1)19(17-12-6-2-7-13-17)18-14-8-3-9-15-18;1-2(6)3(4)5/h1-15H;3H,1H3. The van der Waals surface area contributed by atoms with Gasteiger partial charge >= 0.3 is 0 Å². The largest absolute Gasteiger partial charge is 0.297 e. The summed E-state index contributed by atoms with van der Waals surface area (Å²) in [5.41, 5.74) is 0. The monoisotopic (exact) mass is 388 g/mol. The average molecular weight is 389 g/mol. The van der Waals surface area contributed by atoms with Crippen molar-refractivity contribution in [1.82, 2.24) is 0 Å². The van der Waals surface area contributed by atoms with E-state index in [0.29, 0.717) is 0 Å². The van der Waals surface area contributed by atoms with Crippen LogP contribution in [0.5, 0.6) is 0 Å². The number of benzene rings is 3. The zero-order valence-corrected chi connectivity index (χ0v) is 16.3. The van der Waals surface area contributed by atoms with E-state index in [1.54, 1.807) is 0 Å². The van der Waals surface area contributed by atoms with Gasteiger partial charge in [0.05, 0.1) is 0 Å². The lowest BCUT2D eigenvalue weighted by atomic mass is 10.4. The minimum absolute atomic E-state index is 0.210. The van der Waals surface area contributed by atoms with E-state index in [0.717, 1.165) is 0 Å². The van der Waals surface area contributed by atoms with Crippen LogP contribution < -0.4 is 15.9 Å². The molecule has 1 nitrogen and oxygen atoms in total. The second-order valence-corrected chi connectivity index (χ2v) is 8.57. The smallest absolute Gasteiger partial charge is 0.165 e. The fourth-order valence-electron chi connectivity index (χ4n) is 2.18. The minimum atomic E-state index is -0.843. The number of halogens is 2. The Morgan fingerprint density at radius 2 is 0.920 bits per heavy atom. The molecule has 0 spiro atoms. The molecule has 0 aliphatic rings. The predicted molar refractivity (Wildman–Crippen MR) is 111 cm³/mol. The van der Waals surface area contributed by atoms with Crippen LogP contribution in [0.15, 0.2) is 91.0 Å². The highest BCUT2D eigenvalue weighted by atomic mass is 35.5. The first-order valence-corrected chi connectivity index (χ1v) is 10.0. The lowest BCUT2D eigenvalue weighted by molar-refractivity contribution is -0.115. The van der Waals surface area contributed by atoms with Crippen molar-refractivity contribution in [1.29, 1.82) is 0 Å². The predicted octanol–water partition coefficient (Wildman–Crippen LogP) is 4.82. The summed E-state index contributed by atoms with van der Waals surface area (Å²) in [6.07, 6.45) is 0. The van der Waals surface area contributed by atoms with Gasteiger partial charge in [0.1, 0.15) is 0 Å². The summed E-state index contributed by atoms with van der Waals surface area (Å²) in [6.45, 7) is 1.34. The van der Waals surface area contributed by atoms with Crippen LogP contribution in [0.1, 0.15) is 6.92 Å². The molecule has 0 atom stereocenters. The van der Waals surface area contributed by atoms with Crippen molar-refractivity contribution < 1.29 is 4.79 Å². The van der Waals surface area contributed by atoms with E-state index in [4.69, 9.17) is 23.2 Å². The molecule has 0 aromatic heterocycles. The van der Waals surface area contributed by atoms with Crippen LogP contribution in [0.3, 0.4) is 0 Å². The maximum absolute atomic E-state index is 9.88. The SMILES string of the molecule is CC(=O)C(Cl)Cl.c1ccc(P(c2ccccc2)c2ccccc2)cc1. The van der Waals surface area contributed by atoms with E-state index >= 15 is 0 Å². The second kappa shape index (κ2) is 10.4. The van der Waals surface area contributed by atoms with Gasteiger partial charge in [-0.1, -0.05) is 114 Å². The Morgan fingerprint density at radius 1 is 0.680 bits per heavy atom. The minimum Gasteiger partial charge on any atom is -0.297 e. The Kier molecular flexibility index (Phi) is 8.15. The average Bonchev–Trinajstić information content (AvgIpc) is 2.65. The first kappa shape index (κ1) is 19.7. The third-order valence-electron chi connectivity index (χ3n) is 3.35. The van der Waals surface area contributed by atoms with Crippen LogP contribution >= 0.6 is 31.1 Å². The van der Waals surface area contributed by atoms with E-state index in [9.17, 15) is 4.79 Å². The summed E-state index contributed by atoms with van der Waals surface area (Å²) in [4.78, 5) is 9.04. The Hall–Kier alpha value is -1.66. The molecule has 3 rings (SSSR count). The molecule has 0 aliphatic carbocycles. The lowest BCUT2D eigenvalue weighted by Gasteiger charge is -2.18. The molecule has 0 bridgehead atoms. The zero-order valence-electron chi connectivity index (χ0n) is 13.8. The highest BCUT2D eigenvalue weighted by Gasteiger charge is 2.14. The van der Waals surface area contributed by atoms with Gasteiger partial charge in [-0.3, -0.25) is 4.79 Å². The number of carbonyl (C=O) groups is 1. The van der Waals surface area contributed by atoms with Crippen molar-refractivity contribution in [2.24, 2.45) is 0 Å². The Morgan fingerprint density at radius 3 is 1.12 bits per heavy atom. The highest BCUT2D eigenvalue weighted by Crippen LogP contribution is 2.32. The first-order valence-electron chi connectivity index (χ1n) is 7.83. The van der Waals surface area contributed by atoms with Crippen molar-refractivity contribution in [2.75, 3.05) is 0 Å². The third-order valence-corrected chi connectivity index (χ3v) is 6.41. The van der Waals surface area contributed by atoms with Crippen molar-refractivity contribution in [2.45, 2.75) is 11.8 Å². The third kappa shape index (κ3) is 6.29. The summed E-state index contributed by atoms with van der Waals surface area (Å²) in [5.74, 6) is -0.210. The van der Waals surface area contributed by atoms with Crippen LogP contribution in [0.2, 0.25) is 0 Å². The molecule has 0 aliphatic heterocycles. The molecule has 0 amide bonds. The molecular weight excluding hydrogens is 370 g/mol. The summed E-state index contributed by atoms with van der Waals surface area (Å²) < 4.78 is 0.